The molecular formula is C19H20F3N3O3. The Morgan fingerprint density at radius 2 is 1.32 bits per heavy atom. The number of carbonyl (C=O) groups excluding carboxylic acids is 2. The number of halogens is 3. The molecular weight excluding hydrogens is 375 g/mol. The van der Waals surface area contributed by atoms with E-state index in [2.05, 4.69) is 15.4 Å². The average Bonchev–Trinajstić information content (AvgIpc) is 2.57. The summed E-state index contributed by atoms with van der Waals surface area (Å²) < 4.78 is 40.1. The number of anilines is 2. The number of rotatable bonds is 7. The zero-order chi connectivity index (χ0) is 20.7. The van der Waals surface area contributed by atoms with Crippen molar-refractivity contribution in [3.63, 3.8) is 0 Å². The maximum atomic E-state index is 12.1. The van der Waals surface area contributed by atoms with Gasteiger partial charge in [0.2, 0.25) is 11.8 Å². The Bertz CT molecular complexity index is 806. The van der Waals surface area contributed by atoms with Crippen molar-refractivity contribution >= 4 is 23.2 Å². The summed E-state index contributed by atoms with van der Waals surface area (Å²) in [6, 6.07) is 12.1. The highest BCUT2D eigenvalue weighted by Crippen LogP contribution is 2.23. The molecule has 0 aliphatic rings. The van der Waals surface area contributed by atoms with E-state index in [1.807, 2.05) is 19.1 Å². The molecule has 0 atom stereocenters. The fourth-order valence-electron chi connectivity index (χ4n) is 2.32. The Morgan fingerprint density at radius 1 is 0.893 bits per heavy atom. The minimum absolute atomic E-state index is 0.000340. The van der Waals surface area contributed by atoms with Gasteiger partial charge >= 0.3 is 6.36 Å². The molecule has 2 amide bonds. The molecule has 0 spiro atoms. The first kappa shape index (κ1) is 21.2. The van der Waals surface area contributed by atoms with Crippen LogP contribution in [0.1, 0.15) is 5.56 Å². The number of nitrogens with one attached hydrogen (secondary N) is 2. The quantitative estimate of drug-likeness (QED) is 0.754. The van der Waals surface area contributed by atoms with E-state index in [9.17, 15) is 22.8 Å². The number of ether oxygens (including phenoxy) is 1. The molecule has 150 valence electrons. The minimum Gasteiger partial charge on any atom is -0.406 e. The van der Waals surface area contributed by atoms with Crippen molar-refractivity contribution in [1.82, 2.24) is 4.90 Å². The number of hydrogen-bond acceptors (Lipinski definition) is 4. The fourth-order valence-corrected chi connectivity index (χ4v) is 2.32. The van der Waals surface area contributed by atoms with Crippen LogP contribution in [0.2, 0.25) is 0 Å². The number of likely N-dealkylation sites (N-methyl/N-ethyl adjacent to an activating group) is 1. The van der Waals surface area contributed by atoms with E-state index in [4.69, 9.17) is 0 Å². The highest BCUT2D eigenvalue weighted by molar-refractivity contribution is 5.94. The van der Waals surface area contributed by atoms with E-state index in [1.54, 1.807) is 19.2 Å². The molecule has 2 aromatic carbocycles. The lowest BCUT2D eigenvalue weighted by Gasteiger charge is -2.16. The van der Waals surface area contributed by atoms with Crippen LogP contribution in [0.5, 0.6) is 5.75 Å². The van der Waals surface area contributed by atoms with Crippen molar-refractivity contribution in [2.75, 3.05) is 30.8 Å². The number of alkyl halides is 3. The summed E-state index contributed by atoms with van der Waals surface area (Å²) in [7, 11) is 1.61. The Balaban J connectivity index is 1.78. The Kier molecular flexibility index (Phi) is 7.00. The van der Waals surface area contributed by atoms with Gasteiger partial charge in [-0.05, 0) is 50.4 Å². The van der Waals surface area contributed by atoms with Crippen molar-refractivity contribution < 1.29 is 27.5 Å². The predicted molar refractivity (Wildman–Crippen MR) is 99.1 cm³/mol. The van der Waals surface area contributed by atoms with Crippen LogP contribution >= 0.6 is 0 Å². The Morgan fingerprint density at radius 3 is 1.75 bits per heavy atom. The lowest BCUT2D eigenvalue weighted by atomic mass is 10.2. The average molecular weight is 395 g/mol. The molecule has 0 aliphatic heterocycles. The van der Waals surface area contributed by atoms with Gasteiger partial charge in [-0.1, -0.05) is 17.7 Å². The maximum absolute atomic E-state index is 12.1. The van der Waals surface area contributed by atoms with Crippen LogP contribution in [0.25, 0.3) is 0 Å². The van der Waals surface area contributed by atoms with Gasteiger partial charge in [0, 0.05) is 11.4 Å². The molecule has 2 N–H and O–H groups in total. The summed E-state index contributed by atoms with van der Waals surface area (Å²) in [6.45, 7) is 1.87. The van der Waals surface area contributed by atoms with Crippen LogP contribution in [-0.2, 0) is 9.59 Å². The van der Waals surface area contributed by atoms with Crippen LogP contribution in [0.3, 0.4) is 0 Å². The van der Waals surface area contributed by atoms with Crippen molar-refractivity contribution in [2.24, 2.45) is 0 Å². The van der Waals surface area contributed by atoms with Gasteiger partial charge in [0.15, 0.2) is 0 Å². The third-order valence-electron chi connectivity index (χ3n) is 3.53. The molecule has 28 heavy (non-hydrogen) atoms. The molecule has 0 aromatic heterocycles. The SMILES string of the molecule is Cc1ccc(NC(=O)CN(C)CC(=O)Nc2ccc(OC(F)(F)F)cc2)cc1. The van der Waals surface area contributed by atoms with E-state index in [0.717, 1.165) is 17.7 Å². The smallest absolute Gasteiger partial charge is 0.406 e. The van der Waals surface area contributed by atoms with Crippen molar-refractivity contribution in [3.8, 4) is 5.75 Å². The standard InChI is InChI=1S/C19H20F3N3O3/c1-13-3-5-14(6-4-13)23-17(26)11-25(2)12-18(27)24-15-7-9-16(10-8-15)28-19(20,21)22/h3-10H,11-12H2,1-2H3,(H,23,26)(H,24,27). The molecule has 0 saturated heterocycles. The number of amides is 2. The number of benzene rings is 2. The highest BCUT2D eigenvalue weighted by Gasteiger charge is 2.30. The second-order valence-electron chi connectivity index (χ2n) is 6.21. The molecule has 2 aromatic rings. The highest BCUT2D eigenvalue weighted by atomic mass is 19.4. The Labute approximate surface area is 160 Å². The first-order valence-electron chi connectivity index (χ1n) is 8.31. The van der Waals surface area contributed by atoms with Crippen molar-refractivity contribution in [3.05, 3.63) is 54.1 Å². The summed E-state index contributed by atoms with van der Waals surface area (Å²) in [6.07, 6.45) is -4.77. The van der Waals surface area contributed by atoms with Crippen LogP contribution in [0, 0.1) is 6.92 Å². The van der Waals surface area contributed by atoms with E-state index in [1.165, 1.54) is 17.0 Å². The second kappa shape index (κ2) is 9.23. The molecule has 6 nitrogen and oxygen atoms in total. The first-order chi connectivity index (χ1) is 13.1. The molecule has 0 fully saturated rings. The largest absolute Gasteiger partial charge is 0.573 e. The number of aryl methyl sites for hydroxylation is 1. The molecule has 0 unspecified atom stereocenters. The minimum atomic E-state index is -4.77. The summed E-state index contributed by atoms with van der Waals surface area (Å²) in [5, 5.41) is 5.27. The molecule has 0 aliphatic carbocycles. The van der Waals surface area contributed by atoms with Crippen LogP contribution < -0.4 is 15.4 Å². The van der Waals surface area contributed by atoms with Gasteiger partial charge in [-0.3, -0.25) is 14.5 Å². The summed E-state index contributed by atoms with van der Waals surface area (Å²) in [4.78, 5) is 25.5. The van der Waals surface area contributed by atoms with E-state index >= 15 is 0 Å². The summed E-state index contributed by atoms with van der Waals surface area (Å²) in [5.74, 6) is -1.06. The normalized spacial score (nSPS) is 11.2. The topological polar surface area (TPSA) is 70.7 Å². The molecule has 0 bridgehead atoms. The van der Waals surface area contributed by atoms with Gasteiger partial charge in [-0.25, -0.2) is 0 Å². The van der Waals surface area contributed by atoms with Crippen LogP contribution in [-0.4, -0.2) is 43.2 Å². The van der Waals surface area contributed by atoms with Gasteiger partial charge in [0.25, 0.3) is 0 Å². The predicted octanol–water partition coefficient (Wildman–Crippen LogP) is 3.40. The van der Waals surface area contributed by atoms with E-state index < -0.39 is 12.3 Å². The van der Waals surface area contributed by atoms with Crippen molar-refractivity contribution in [1.29, 1.82) is 0 Å². The number of nitrogens with zero attached hydrogens (tertiary/aromatic N) is 1. The molecule has 2 rings (SSSR count). The zero-order valence-electron chi connectivity index (χ0n) is 15.3. The molecule has 9 heteroatoms. The van der Waals surface area contributed by atoms with E-state index in [0.29, 0.717) is 11.4 Å². The fraction of sp³-hybridized carbons (Fsp3) is 0.263. The third kappa shape index (κ3) is 7.67. The molecule has 0 heterocycles. The van der Waals surface area contributed by atoms with Gasteiger partial charge < -0.3 is 15.4 Å². The van der Waals surface area contributed by atoms with E-state index in [-0.39, 0.29) is 24.7 Å². The monoisotopic (exact) mass is 395 g/mol. The van der Waals surface area contributed by atoms with Gasteiger partial charge in [0.1, 0.15) is 5.75 Å². The lowest BCUT2D eigenvalue weighted by Crippen LogP contribution is -2.36. The second-order valence-corrected chi connectivity index (χ2v) is 6.21. The molecule has 0 radical (unpaired) electrons. The van der Waals surface area contributed by atoms with Gasteiger partial charge in [-0.2, -0.15) is 0 Å². The number of carbonyl (C=O) groups is 2. The summed E-state index contributed by atoms with van der Waals surface area (Å²) in [5.41, 5.74) is 2.05. The zero-order valence-corrected chi connectivity index (χ0v) is 15.3. The Hall–Kier alpha value is -3.07. The lowest BCUT2D eigenvalue weighted by molar-refractivity contribution is -0.274. The number of hydrogen-bond donors (Lipinski definition) is 2. The summed E-state index contributed by atoms with van der Waals surface area (Å²) >= 11 is 0. The van der Waals surface area contributed by atoms with Crippen LogP contribution in [0.4, 0.5) is 24.5 Å². The van der Waals surface area contributed by atoms with Crippen LogP contribution in [0.15, 0.2) is 48.5 Å². The first-order valence-corrected chi connectivity index (χ1v) is 8.31. The molecule has 0 saturated carbocycles. The van der Waals surface area contributed by atoms with Gasteiger partial charge in [-0.15, -0.1) is 13.2 Å². The third-order valence-corrected chi connectivity index (χ3v) is 3.53. The van der Waals surface area contributed by atoms with Crippen molar-refractivity contribution in [2.45, 2.75) is 13.3 Å². The van der Waals surface area contributed by atoms with Gasteiger partial charge in [0.05, 0.1) is 13.1 Å². The maximum Gasteiger partial charge on any atom is 0.573 e.